The highest BCUT2D eigenvalue weighted by molar-refractivity contribution is 5.30. The number of hydrogen-bond donors (Lipinski definition) is 0. The minimum atomic E-state index is 0.870. The van der Waals surface area contributed by atoms with Crippen molar-refractivity contribution in [2.45, 2.75) is 51.9 Å². The predicted molar refractivity (Wildman–Crippen MR) is 46.3 cm³/mol. The average Bonchev–Trinajstić information content (AvgIpc) is 2.76. The van der Waals surface area contributed by atoms with Gasteiger partial charge in [0.2, 0.25) is 0 Å². The maximum absolute atomic E-state index is 2.50. The number of fused-ring (bicyclic) bond motifs is 1. The molecule has 3 aliphatic carbocycles. The third-order valence-corrected chi connectivity index (χ3v) is 4.75. The fraction of sp³-hybridized carbons (Fsp3) is 1.00. The lowest BCUT2D eigenvalue weighted by Crippen LogP contribution is -2.12. The average molecular weight is 150 g/mol. The summed E-state index contributed by atoms with van der Waals surface area (Å²) < 4.78 is 0. The summed E-state index contributed by atoms with van der Waals surface area (Å²) in [6, 6.07) is 0. The zero-order valence-corrected chi connectivity index (χ0v) is 7.53. The smallest absolute Gasteiger partial charge is 0.0204 e. The van der Waals surface area contributed by atoms with Gasteiger partial charge >= 0.3 is 0 Å². The summed E-state index contributed by atoms with van der Waals surface area (Å²) in [6.07, 6.45) is 10.9. The third-order valence-electron chi connectivity index (χ3n) is 4.75. The number of rotatable bonds is 1. The molecule has 62 valence electrons. The van der Waals surface area contributed by atoms with Crippen LogP contribution in [0.1, 0.15) is 51.9 Å². The van der Waals surface area contributed by atoms with Crippen LogP contribution in [0.25, 0.3) is 0 Å². The van der Waals surface area contributed by atoms with Crippen LogP contribution in [0.5, 0.6) is 0 Å². The topological polar surface area (TPSA) is 0 Å². The third kappa shape index (κ3) is 0.666. The maximum atomic E-state index is 2.50. The van der Waals surface area contributed by atoms with E-state index >= 15 is 0 Å². The van der Waals surface area contributed by atoms with Crippen LogP contribution in [-0.2, 0) is 0 Å². The van der Waals surface area contributed by atoms with Crippen molar-refractivity contribution in [1.82, 2.24) is 0 Å². The van der Waals surface area contributed by atoms with Crippen molar-refractivity contribution in [2.75, 3.05) is 0 Å². The fourth-order valence-electron chi connectivity index (χ4n) is 3.69. The van der Waals surface area contributed by atoms with E-state index in [9.17, 15) is 0 Å². The molecule has 0 aromatic carbocycles. The Labute approximate surface area is 69.4 Å². The van der Waals surface area contributed by atoms with Crippen LogP contribution in [-0.4, -0.2) is 0 Å². The molecule has 0 heterocycles. The van der Waals surface area contributed by atoms with Crippen molar-refractivity contribution in [2.24, 2.45) is 16.7 Å². The van der Waals surface area contributed by atoms with Gasteiger partial charge in [-0.3, -0.25) is 0 Å². The first kappa shape index (κ1) is 6.51. The highest BCUT2D eigenvalue weighted by Crippen LogP contribution is 2.89. The molecular formula is C11H18. The summed E-state index contributed by atoms with van der Waals surface area (Å²) in [4.78, 5) is 0. The van der Waals surface area contributed by atoms with E-state index < -0.39 is 0 Å². The van der Waals surface area contributed by atoms with Crippen molar-refractivity contribution in [1.29, 1.82) is 0 Å². The van der Waals surface area contributed by atoms with Crippen molar-refractivity contribution >= 4 is 0 Å². The van der Waals surface area contributed by atoms with Gasteiger partial charge in [-0.2, -0.15) is 0 Å². The molecule has 3 saturated carbocycles. The summed E-state index contributed by atoms with van der Waals surface area (Å²) in [6.45, 7) is 2.50. The first-order valence-electron chi connectivity index (χ1n) is 5.27. The van der Waals surface area contributed by atoms with Gasteiger partial charge in [0.1, 0.15) is 0 Å². The van der Waals surface area contributed by atoms with Gasteiger partial charge in [0.15, 0.2) is 0 Å². The van der Waals surface area contributed by atoms with Gasteiger partial charge in [-0.25, -0.2) is 0 Å². The van der Waals surface area contributed by atoms with E-state index in [1.54, 1.807) is 25.7 Å². The first-order chi connectivity index (χ1) is 5.27. The Morgan fingerprint density at radius 3 is 2.00 bits per heavy atom. The predicted octanol–water partition coefficient (Wildman–Crippen LogP) is 3.37. The fourth-order valence-corrected chi connectivity index (χ4v) is 3.69. The normalized spacial score (nSPS) is 55.4. The van der Waals surface area contributed by atoms with E-state index in [1.165, 1.54) is 19.3 Å². The Hall–Kier alpha value is 0. The summed E-state index contributed by atoms with van der Waals surface area (Å²) >= 11 is 0. The van der Waals surface area contributed by atoms with Gasteiger partial charge in [0, 0.05) is 0 Å². The van der Waals surface area contributed by atoms with Crippen LogP contribution in [0.2, 0.25) is 0 Å². The second kappa shape index (κ2) is 1.67. The standard InChI is InChI=1S/C11H18/c1-10-7-11(10,8-10)9-5-3-2-4-6-9/h9H,2-8H2,1H3. The molecule has 0 spiro atoms. The highest BCUT2D eigenvalue weighted by Gasteiger charge is 2.81. The monoisotopic (exact) mass is 150 g/mol. The summed E-state index contributed by atoms with van der Waals surface area (Å²) in [5.74, 6) is 1.15. The molecule has 0 heteroatoms. The van der Waals surface area contributed by atoms with Crippen molar-refractivity contribution in [3.05, 3.63) is 0 Å². The van der Waals surface area contributed by atoms with E-state index in [4.69, 9.17) is 0 Å². The summed E-state index contributed by atoms with van der Waals surface area (Å²) in [5.41, 5.74) is 1.79. The minimum Gasteiger partial charge on any atom is -0.0591 e. The molecule has 0 N–H and O–H groups in total. The van der Waals surface area contributed by atoms with Gasteiger partial charge in [-0.1, -0.05) is 26.2 Å². The second-order valence-electron chi connectivity index (χ2n) is 5.41. The molecule has 0 radical (unpaired) electrons. The molecule has 11 heavy (non-hydrogen) atoms. The minimum absolute atomic E-state index is 0.870. The van der Waals surface area contributed by atoms with E-state index in [-0.39, 0.29) is 0 Å². The maximum Gasteiger partial charge on any atom is -0.0204 e. The zero-order valence-electron chi connectivity index (χ0n) is 7.53. The molecule has 0 aliphatic heterocycles. The van der Waals surface area contributed by atoms with Crippen LogP contribution < -0.4 is 0 Å². The van der Waals surface area contributed by atoms with Gasteiger partial charge in [0.25, 0.3) is 0 Å². The van der Waals surface area contributed by atoms with Gasteiger partial charge < -0.3 is 0 Å². The Balaban J connectivity index is 1.71. The molecule has 3 fully saturated rings. The Morgan fingerprint density at radius 2 is 1.55 bits per heavy atom. The Kier molecular flexibility index (Phi) is 0.990. The van der Waals surface area contributed by atoms with E-state index in [1.807, 2.05) is 0 Å². The Morgan fingerprint density at radius 1 is 1.00 bits per heavy atom. The molecule has 0 unspecified atom stereocenters. The summed E-state index contributed by atoms with van der Waals surface area (Å²) in [5, 5.41) is 0. The van der Waals surface area contributed by atoms with Crippen LogP contribution in [0.3, 0.4) is 0 Å². The molecule has 0 amide bonds. The van der Waals surface area contributed by atoms with E-state index in [0.29, 0.717) is 0 Å². The van der Waals surface area contributed by atoms with Crippen LogP contribution in [0.4, 0.5) is 0 Å². The number of hydrogen-bond acceptors (Lipinski definition) is 0. The second-order valence-corrected chi connectivity index (χ2v) is 5.41. The van der Waals surface area contributed by atoms with Crippen molar-refractivity contribution < 1.29 is 0 Å². The van der Waals surface area contributed by atoms with Crippen molar-refractivity contribution in [3.8, 4) is 0 Å². The van der Waals surface area contributed by atoms with E-state index in [0.717, 1.165) is 16.7 Å². The van der Waals surface area contributed by atoms with Gasteiger partial charge in [-0.15, -0.1) is 0 Å². The molecule has 0 bridgehead atoms. The lowest BCUT2D eigenvalue weighted by atomic mass is 9.82. The Bertz CT molecular complexity index is 180. The molecule has 0 aromatic rings. The molecule has 0 nitrogen and oxygen atoms in total. The van der Waals surface area contributed by atoms with Crippen molar-refractivity contribution in [3.63, 3.8) is 0 Å². The van der Waals surface area contributed by atoms with Crippen LogP contribution in [0.15, 0.2) is 0 Å². The van der Waals surface area contributed by atoms with Gasteiger partial charge in [-0.05, 0) is 42.4 Å². The molecule has 0 aromatic heterocycles. The zero-order chi connectivity index (χ0) is 7.53. The molecule has 0 atom stereocenters. The lowest BCUT2D eigenvalue weighted by molar-refractivity contribution is 0.277. The van der Waals surface area contributed by atoms with Crippen LogP contribution in [0, 0.1) is 16.7 Å². The first-order valence-corrected chi connectivity index (χ1v) is 5.27. The molecule has 3 aliphatic rings. The van der Waals surface area contributed by atoms with E-state index in [2.05, 4.69) is 6.92 Å². The lowest BCUT2D eigenvalue weighted by Gasteiger charge is -2.24. The highest BCUT2D eigenvalue weighted by atomic mass is 14.9. The SMILES string of the molecule is CC12CC1(C1CCCCC1)C2. The van der Waals surface area contributed by atoms with Gasteiger partial charge in [0.05, 0.1) is 0 Å². The quantitative estimate of drug-likeness (QED) is 0.537. The largest absolute Gasteiger partial charge is 0.0591 e. The molecule has 3 rings (SSSR count). The van der Waals surface area contributed by atoms with Crippen LogP contribution >= 0.6 is 0 Å². The molecular weight excluding hydrogens is 132 g/mol. The summed E-state index contributed by atoms with van der Waals surface area (Å²) in [7, 11) is 0. The molecule has 0 saturated heterocycles.